The summed E-state index contributed by atoms with van der Waals surface area (Å²) in [6.45, 7) is 0.108. The molecule has 0 atom stereocenters. The monoisotopic (exact) mass is 347 g/mol. The predicted octanol–water partition coefficient (Wildman–Crippen LogP) is 3.72. The van der Waals surface area contributed by atoms with Gasteiger partial charge in [0.1, 0.15) is 23.7 Å². The highest BCUT2D eigenvalue weighted by molar-refractivity contribution is 5.95. The van der Waals surface area contributed by atoms with Crippen LogP contribution >= 0.6 is 0 Å². The summed E-state index contributed by atoms with van der Waals surface area (Å²) in [5.74, 6) is 0.306. The van der Waals surface area contributed by atoms with Gasteiger partial charge in [0, 0.05) is 23.2 Å². The number of esters is 1. The summed E-state index contributed by atoms with van der Waals surface area (Å²) in [6.07, 6.45) is 1.84. The number of para-hydroxylation sites is 1. The van der Waals surface area contributed by atoms with Gasteiger partial charge in [-0.3, -0.25) is 0 Å². The third-order valence-electron chi connectivity index (χ3n) is 4.07. The average molecular weight is 347 g/mol. The molecule has 0 saturated carbocycles. The van der Waals surface area contributed by atoms with Crippen LogP contribution in [0.5, 0.6) is 5.75 Å². The number of hydrogen-bond donors (Lipinski definition) is 1. The number of carbonyl (C=O) groups excluding carboxylic acids is 1. The van der Waals surface area contributed by atoms with Gasteiger partial charge in [0.15, 0.2) is 0 Å². The molecule has 130 valence electrons. The number of carbonyl (C=O) groups is 1. The molecular formula is C20H17N3O3. The smallest absolute Gasteiger partial charge is 0.355 e. The lowest BCUT2D eigenvalue weighted by atomic mass is 10.2. The summed E-state index contributed by atoms with van der Waals surface area (Å²) in [7, 11) is 1.61. The van der Waals surface area contributed by atoms with Crippen LogP contribution in [0.15, 0.2) is 66.9 Å². The third-order valence-corrected chi connectivity index (χ3v) is 4.07. The van der Waals surface area contributed by atoms with Crippen LogP contribution in [0.25, 0.3) is 16.6 Å². The summed E-state index contributed by atoms with van der Waals surface area (Å²) in [6, 6.07) is 18.9. The van der Waals surface area contributed by atoms with E-state index in [2.05, 4.69) is 10.1 Å². The Hall–Kier alpha value is -3.54. The van der Waals surface area contributed by atoms with Crippen LogP contribution in [-0.2, 0) is 11.3 Å². The number of ether oxygens (including phenoxy) is 2. The van der Waals surface area contributed by atoms with Gasteiger partial charge in [0.2, 0.25) is 0 Å². The van der Waals surface area contributed by atoms with E-state index in [1.54, 1.807) is 17.9 Å². The number of benzene rings is 2. The first-order chi connectivity index (χ1) is 12.7. The van der Waals surface area contributed by atoms with Gasteiger partial charge in [-0.05, 0) is 36.4 Å². The Morgan fingerprint density at radius 1 is 1.12 bits per heavy atom. The molecule has 0 bridgehead atoms. The highest BCUT2D eigenvalue weighted by Crippen LogP contribution is 2.21. The fraction of sp³-hybridized carbons (Fsp3) is 0.100. The number of nitrogens with zero attached hydrogens (tertiary/aromatic N) is 2. The zero-order valence-corrected chi connectivity index (χ0v) is 14.2. The van der Waals surface area contributed by atoms with Gasteiger partial charge >= 0.3 is 5.97 Å². The minimum absolute atomic E-state index is 0.108. The lowest BCUT2D eigenvalue weighted by Gasteiger charge is -2.02. The molecule has 0 aliphatic heterocycles. The fourth-order valence-electron chi connectivity index (χ4n) is 2.72. The predicted molar refractivity (Wildman–Crippen MR) is 97.5 cm³/mol. The SMILES string of the molecule is COc1ccc2cc(C(=O)OCc3ccn(-c4ccccc4)n3)[nH]c2c1. The normalized spacial score (nSPS) is 10.8. The third kappa shape index (κ3) is 3.17. The second kappa shape index (κ2) is 6.76. The van der Waals surface area contributed by atoms with Crippen molar-refractivity contribution in [1.82, 2.24) is 14.8 Å². The van der Waals surface area contributed by atoms with Crippen molar-refractivity contribution in [3.8, 4) is 11.4 Å². The van der Waals surface area contributed by atoms with Gasteiger partial charge < -0.3 is 14.5 Å². The average Bonchev–Trinajstić information content (AvgIpc) is 3.33. The molecule has 0 radical (unpaired) electrons. The molecule has 0 saturated heterocycles. The molecule has 26 heavy (non-hydrogen) atoms. The highest BCUT2D eigenvalue weighted by atomic mass is 16.5. The number of methoxy groups -OCH3 is 1. The molecule has 0 aliphatic rings. The molecule has 2 aromatic carbocycles. The van der Waals surface area contributed by atoms with Crippen LogP contribution in [0.2, 0.25) is 0 Å². The van der Waals surface area contributed by atoms with Gasteiger partial charge in [-0.2, -0.15) is 5.10 Å². The van der Waals surface area contributed by atoms with Crippen molar-refractivity contribution in [3.05, 3.63) is 78.2 Å². The lowest BCUT2D eigenvalue weighted by Crippen LogP contribution is -2.06. The Morgan fingerprint density at radius 3 is 2.77 bits per heavy atom. The van der Waals surface area contributed by atoms with Crippen LogP contribution in [0, 0.1) is 0 Å². The minimum atomic E-state index is -0.422. The molecule has 0 aliphatic carbocycles. The number of hydrogen-bond acceptors (Lipinski definition) is 4. The Morgan fingerprint density at radius 2 is 1.96 bits per heavy atom. The second-order valence-electron chi connectivity index (χ2n) is 5.80. The lowest BCUT2D eigenvalue weighted by molar-refractivity contribution is 0.0461. The molecule has 0 spiro atoms. The molecule has 4 rings (SSSR count). The number of rotatable bonds is 5. The standard InChI is InChI=1S/C20H17N3O3/c1-25-17-8-7-14-11-19(21-18(14)12-17)20(24)26-13-15-9-10-23(22-15)16-5-3-2-4-6-16/h2-12,21H,13H2,1H3. The first-order valence-electron chi connectivity index (χ1n) is 8.17. The first kappa shape index (κ1) is 16.0. The van der Waals surface area contributed by atoms with Crippen molar-refractivity contribution in [2.45, 2.75) is 6.61 Å². The molecule has 2 aromatic heterocycles. The van der Waals surface area contributed by atoms with Crippen LogP contribution in [-0.4, -0.2) is 27.8 Å². The first-order valence-corrected chi connectivity index (χ1v) is 8.17. The number of aromatic nitrogens is 3. The van der Waals surface area contributed by atoms with Gasteiger partial charge in [-0.1, -0.05) is 18.2 Å². The van der Waals surface area contributed by atoms with Crippen molar-refractivity contribution < 1.29 is 14.3 Å². The molecule has 0 unspecified atom stereocenters. The summed E-state index contributed by atoms with van der Waals surface area (Å²) in [4.78, 5) is 15.4. The number of fused-ring (bicyclic) bond motifs is 1. The Labute approximate surface area is 150 Å². The van der Waals surface area contributed by atoms with Gasteiger partial charge in [-0.25, -0.2) is 9.48 Å². The summed E-state index contributed by atoms with van der Waals surface area (Å²) >= 11 is 0. The molecule has 0 fully saturated rings. The van der Waals surface area contributed by atoms with E-state index in [1.807, 2.05) is 60.8 Å². The maximum Gasteiger partial charge on any atom is 0.355 e. The van der Waals surface area contributed by atoms with E-state index >= 15 is 0 Å². The van der Waals surface area contributed by atoms with Crippen LogP contribution in [0.4, 0.5) is 0 Å². The van der Waals surface area contributed by atoms with Gasteiger partial charge in [0.05, 0.1) is 12.8 Å². The molecule has 4 aromatic rings. The molecular weight excluding hydrogens is 330 g/mol. The highest BCUT2D eigenvalue weighted by Gasteiger charge is 2.12. The van der Waals surface area contributed by atoms with Crippen molar-refractivity contribution >= 4 is 16.9 Å². The van der Waals surface area contributed by atoms with E-state index in [9.17, 15) is 4.79 Å². The van der Waals surface area contributed by atoms with Crippen LogP contribution in [0.3, 0.4) is 0 Å². The second-order valence-corrected chi connectivity index (χ2v) is 5.80. The molecule has 0 amide bonds. The van der Waals surface area contributed by atoms with Gasteiger partial charge in [0.25, 0.3) is 0 Å². The topological polar surface area (TPSA) is 69.1 Å². The van der Waals surface area contributed by atoms with Crippen molar-refractivity contribution in [3.63, 3.8) is 0 Å². The van der Waals surface area contributed by atoms with E-state index in [-0.39, 0.29) is 6.61 Å². The quantitative estimate of drug-likeness (QED) is 0.559. The molecule has 6 heteroatoms. The van der Waals surface area contributed by atoms with E-state index in [0.29, 0.717) is 11.4 Å². The van der Waals surface area contributed by atoms with Crippen molar-refractivity contribution in [2.24, 2.45) is 0 Å². The largest absolute Gasteiger partial charge is 0.497 e. The van der Waals surface area contributed by atoms with E-state index in [1.165, 1.54) is 0 Å². The fourth-order valence-corrected chi connectivity index (χ4v) is 2.72. The molecule has 2 heterocycles. The maximum absolute atomic E-state index is 12.3. The van der Waals surface area contributed by atoms with Crippen molar-refractivity contribution in [1.29, 1.82) is 0 Å². The summed E-state index contributed by atoms with van der Waals surface area (Å²) < 4.78 is 12.3. The zero-order chi connectivity index (χ0) is 17.9. The molecule has 6 nitrogen and oxygen atoms in total. The summed E-state index contributed by atoms with van der Waals surface area (Å²) in [5.41, 5.74) is 2.86. The molecule has 1 N–H and O–H groups in total. The van der Waals surface area contributed by atoms with E-state index < -0.39 is 5.97 Å². The number of nitrogens with one attached hydrogen (secondary N) is 1. The van der Waals surface area contributed by atoms with Gasteiger partial charge in [-0.15, -0.1) is 0 Å². The van der Waals surface area contributed by atoms with Crippen molar-refractivity contribution in [2.75, 3.05) is 7.11 Å². The Kier molecular flexibility index (Phi) is 4.15. The summed E-state index contributed by atoms with van der Waals surface area (Å²) in [5, 5.41) is 5.35. The maximum atomic E-state index is 12.3. The van der Waals surface area contributed by atoms with E-state index in [4.69, 9.17) is 9.47 Å². The van der Waals surface area contributed by atoms with Crippen LogP contribution < -0.4 is 4.74 Å². The zero-order valence-electron chi connectivity index (χ0n) is 14.2. The minimum Gasteiger partial charge on any atom is -0.497 e. The number of aromatic amines is 1. The van der Waals surface area contributed by atoms with E-state index in [0.717, 1.165) is 22.3 Å². The van der Waals surface area contributed by atoms with Crippen LogP contribution in [0.1, 0.15) is 16.2 Å². The number of H-pyrrole nitrogens is 1. The Balaban J connectivity index is 1.45. The Bertz CT molecular complexity index is 1050.